The molecule has 0 atom stereocenters. The smallest absolute Gasteiger partial charge is 0.211 e. The van der Waals surface area contributed by atoms with Crippen molar-refractivity contribution in [2.45, 2.75) is 0 Å². The summed E-state index contributed by atoms with van der Waals surface area (Å²) in [5.74, 6) is 0.483. The van der Waals surface area contributed by atoms with Crippen LogP contribution in [0.5, 0.6) is 0 Å². The summed E-state index contributed by atoms with van der Waals surface area (Å²) >= 11 is 0. The molecule has 0 saturated heterocycles. The van der Waals surface area contributed by atoms with E-state index in [1.807, 2.05) is 97.1 Å². The summed E-state index contributed by atoms with van der Waals surface area (Å²) in [6.45, 7) is 23.5. The minimum atomic E-state index is 0.442. The summed E-state index contributed by atoms with van der Waals surface area (Å²) < 4.78 is 4.43. The Hall–Kier alpha value is -10.4. The number of benzene rings is 9. The van der Waals surface area contributed by atoms with Crippen LogP contribution >= 0.6 is 0 Å². The predicted octanol–water partition coefficient (Wildman–Crippen LogP) is 16.5. The Kier molecular flexibility index (Phi) is 9.86. The Balaban J connectivity index is 0.887. The third-order valence-electron chi connectivity index (χ3n) is 13.0. The van der Waals surface area contributed by atoms with Gasteiger partial charge in [-0.15, -0.1) is 0 Å². The number of fused-ring (bicyclic) bond motifs is 6. The van der Waals surface area contributed by atoms with E-state index in [9.17, 15) is 5.26 Å². The van der Waals surface area contributed by atoms with E-state index in [0.717, 1.165) is 71.9 Å². The molecule has 0 unspecified atom stereocenters. The molecule has 0 radical (unpaired) electrons. The van der Waals surface area contributed by atoms with Crippen molar-refractivity contribution in [1.82, 2.24) is 19.1 Å². The quantitative estimate of drug-likeness (QED) is 0.150. The lowest BCUT2D eigenvalue weighted by molar-refractivity contribution is 1.17. The summed E-state index contributed by atoms with van der Waals surface area (Å²) in [6, 6.07) is 70.7. The van der Waals surface area contributed by atoms with Crippen molar-refractivity contribution in [3.63, 3.8) is 0 Å². The Labute approximate surface area is 402 Å². The molecule has 0 aliphatic heterocycles. The largest absolute Gasteiger partial charge is 0.319 e. The molecule has 8 nitrogen and oxygen atoms in total. The topological polar surface area (TPSA) is 72.5 Å². The van der Waals surface area contributed by atoms with Crippen molar-refractivity contribution < 1.29 is 0 Å². The van der Waals surface area contributed by atoms with Crippen molar-refractivity contribution in [2.24, 2.45) is 0 Å². The fraction of sp³-hybridized carbons (Fsp3) is 0. The Morgan fingerprint density at radius 1 is 0.400 bits per heavy atom. The number of para-hydroxylation sites is 3. The number of aromatic nitrogens is 4. The van der Waals surface area contributed by atoms with Crippen molar-refractivity contribution in [2.75, 3.05) is 0 Å². The predicted molar refractivity (Wildman–Crippen MR) is 281 cm³/mol. The van der Waals surface area contributed by atoms with E-state index in [4.69, 9.17) is 29.7 Å². The third kappa shape index (κ3) is 6.90. The number of nitrogens with zero attached hydrogens (tertiary/aromatic N) is 8. The number of hydrogen-bond donors (Lipinski definition) is 0. The summed E-state index contributed by atoms with van der Waals surface area (Å²) in [5, 5.41) is 15.2. The van der Waals surface area contributed by atoms with Crippen LogP contribution in [-0.2, 0) is 0 Å². The lowest BCUT2D eigenvalue weighted by Crippen LogP contribution is -1.98. The summed E-state index contributed by atoms with van der Waals surface area (Å²) in [5.41, 5.74) is 15.1. The number of nitriles is 1. The van der Waals surface area contributed by atoms with E-state index in [2.05, 4.69) is 121 Å². The van der Waals surface area contributed by atoms with Crippen LogP contribution in [0.1, 0.15) is 5.56 Å². The van der Waals surface area contributed by atoms with Gasteiger partial charge in [-0.3, -0.25) is 0 Å². The molecule has 0 aliphatic rings. The molecule has 9 aromatic carbocycles. The molecule has 322 valence electrons. The van der Waals surface area contributed by atoms with Crippen LogP contribution < -0.4 is 0 Å². The lowest BCUT2D eigenvalue weighted by Gasteiger charge is -2.14. The van der Waals surface area contributed by atoms with Gasteiger partial charge in [-0.1, -0.05) is 140 Å². The van der Waals surface area contributed by atoms with Crippen molar-refractivity contribution >= 4 is 60.7 Å². The molecular weight excluding hydrogens is 857 g/mol. The van der Waals surface area contributed by atoms with Gasteiger partial charge in [0.25, 0.3) is 0 Å². The van der Waals surface area contributed by atoms with Crippen LogP contribution in [0.25, 0.3) is 126 Å². The maximum absolute atomic E-state index is 10.7. The zero-order chi connectivity index (χ0) is 47.3. The van der Waals surface area contributed by atoms with Gasteiger partial charge in [0.1, 0.15) is 0 Å². The molecule has 0 aliphatic carbocycles. The molecule has 8 heteroatoms. The van der Waals surface area contributed by atoms with E-state index in [1.54, 1.807) is 18.2 Å². The van der Waals surface area contributed by atoms with Crippen LogP contribution in [0.2, 0.25) is 0 Å². The van der Waals surface area contributed by atoms with Gasteiger partial charge in [0.05, 0.1) is 70.5 Å². The van der Waals surface area contributed by atoms with Gasteiger partial charge in [0, 0.05) is 38.4 Å². The molecule has 12 rings (SSSR count). The fourth-order valence-electron chi connectivity index (χ4n) is 9.73. The van der Waals surface area contributed by atoms with Crippen LogP contribution in [-0.4, -0.2) is 19.1 Å². The molecule has 70 heavy (non-hydrogen) atoms. The first-order valence-electron chi connectivity index (χ1n) is 22.5. The fourth-order valence-corrected chi connectivity index (χ4v) is 9.73. The maximum atomic E-state index is 10.7. The first-order valence-corrected chi connectivity index (χ1v) is 22.5. The van der Waals surface area contributed by atoms with Crippen molar-refractivity contribution in [1.29, 1.82) is 5.26 Å². The third-order valence-corrected chi connectivity index (χ3v) is 13.0. The molecule has 3 aromatic heterocycles. The van der Waals surface area contributed by atoms with Gasteiger partial charge in [-0.05, 0) is 94.5 Å². The molecule has 0 amide bonds. The zero-order valence-electron chi connectivity index (χ0n) is 37.2. The second kappa shape index (κ2) is 16.8. The number of hydrogen-bond acceptors (Lipinski definition) is 3. The molecule has 0 N–H and O–H groups in total. The lowest BCUT2D eigenvalue weighted by atomic mass is 9.95. The minimum Gasteiger partial charge on any atom is -0.319 e. The molecule has 3 heterocycles. The Bertz CT molecular complexity index is 4150. The second-order valence-corrected chi connectivity index (χ2v) is 17.0. The summed E-state index contributed by atoms with van der Waals surface area (Å²) in [7, 11) is 0. The van der Waals surface area contributed by atoms with E-state index in [1.165, 1.54) is 10.8 Å². The van der Waals surface area contributed by atoms with E-state index >= 15 is 0 Å². The van der Waals surface area contributed by atoms with Crippen LogP contribution in [0.15, 0.2) is 206 Å². The standard InChI is InChI=1S/C62H34N8/c1-64-46-14-10-12-43(32-46)55-37-54(67-62(68-55)44-13-11-15-47(33-44)65-2)42-28-24-40(25-29-42)39-22-26-41(27-23-39)52-36-56(66-3)61(34-45(52)38-63)70-59-21-9-6-18-51(59)53-35-48(30-31-60(53)70)69-57-19-7-4-16-49(57)50-17-5-8-20-58(50)69/h4-37H. The summed E-state index contributed by atoms with van der Waals surface area (Å²) in [6.07, 6.45) is 0. The highest BCUT2D eigenvalue weighted by atomic mass is 15.0. The Morgan fingerprint density at radius 3 is 1.51 bits per heavy atom. The van der Waals surface area contributed by atoms with Gasteiger partial charge in [-0.2, -0.15) is 5.26 Å². The van der Waals surface area contributed by atoms with Crippen LogP contribution in [0.3, 0.4) is 0 Å². The van der Waals surface area contributed by atoms with E-state index < -0.39 is 0 Å². The van der Waals surface area contributed by atoms with Gasteiger partial charge in [0.2, 0.25) is 5.69 Å². The number of rotatable bonds is 7. The SMILES string of the molecule is [C-]#[N+]c1cccc(-c2cc(-c3ccc(-c4ccc(-c5cc([N+]#[C-])c(-n6c7ccccc7c7cc(-n8c9ccccc9c9ccccc98)ccc76)cc5C#N)cc4)cc3)nc(-c3cccc([N+]#[C-])c3)n2)c1. The maximum Gasteiger partial charge on any atom is 0.211 e. The Morgan fingerprint density at radius 2 is 0.914 bits per heavy atom. The zero-order valence-corrected chi connectivity index (χ0v) is 37.2. The monoisotopic (exact) mass is 890 g/mol. The van der Waals surface area contributed by atoms with Crippen molar-refractivity contribution in [3.05, 3.63) is 246 Å². The first kappa shape index (κ1) is 41.1. The van der Waals surface area contributed by atoms with Crippen molar-refractivity contribution in [3.8, 4) is 73.6 Å². The van der Waals surface area contributed by atoms with Gasteiger partial charge in [0.15, 0.2) is 17.2 Å². The molecule has 12 aromatic rings. The van der Waals surface area contributed by atoms with Crippen LogP contribution in [0, 0.1) is 31.0 Å². The van der Waals surface area contributed by atoms with E-state index in [-0.39, 0.29) is 0 Å². The van der Waals surface area contributed by atoms with Crippen LogP contribution in [0.4, 0.5) is 17.1 Å². The second-order valence-electron chi connectivity index (χ2n) is 17.0. The minimum absolute atomic E-state index is 0.442. The van der Waals surface area contributed by atoms with E-state index in [0.29, 0.717) is 51.1 Å². The molecule has 0 spiro atoms. The average Bonchev–Trinajstić information content (AvgIpc) is 3.95. The average molecular weight is 891 g/mol. The normalized spacial score (nSPS) is 11.1. The summed E-state index contributed by atoms with van der Waals surface area (Å²) in [4.78, 5) is 21.1. The molecule has 0 fully saturated rings. The highest BCUT2D eigenvalue weighted by molar-refractivity contribution is 6.12. The first-order chi connectivity index (χ1) is 34.5. The highest BCUT2D eigenvalue weighted by Crippen LogP contribution is 2.41. The molecular formula is C62H34N8. The van der Waals surface area contributed by atoms with Gasteiger partial charge in [-0.25, -0.2) is 24.5 Å². The highest BCUT2D eigenvalue weighted by Gasteiger charge is 2.20. The molecule has 0 saturated carbocycles. The van der Waals surface area contributed by atoms with Gasteiger partial charge < -0.3 is 9.13 Å². The molecule has 0 bridgehead atoms. The van der Waals surface area contributed by atoms with Gasteiger partial charge >= 0.3 is 0 Å².